The average Bonchev–Trinajstić information content (AvgIpc) is 2.32. The van der Waals surface area contributed by atoms with E-state index in [4.69, 9.17) is 0 Å². The molecule has 1 fully saturated rings. The van der Waals surface area contributed by atoms with Gasteiger partial charge in [-0.1, -0.05) is 12.1 Å². The maximum absolute atomic E-state index is 13.0. The highest BCUT2D eigenvalue weighted by Crippen LogP contribution is 2.37. The van der Waals surface area contributed by atoms with Gasteiger partial charge in [0.1, 0.15) is 0 Å². The van der Waals surface area contributed by atoms with Gasteiger partial charge in [0.2, 0.25) is 5.92 Å². The zero-order valence-electron chi connectivity index (χ0n) is 10.8. The molecule has 2 rings (SSSR count). The van der Waals surface area contributed by atoms with Crippen molar-refractivity contribution < 1.29 is 13.6 Å². The molecule has 0 radical (unpaired) electrons. The van der Waals surface area contributed by atoms with Gasteiger partial charge >= 0.3 is 0 Å². The molecule has 0 heterocycles. The molecule has 3 heteroatoms. The Morgan fingerprint density at radius 3 is 2.33 bits per heavy atom. The Balaban J connectivity index is 2.10. The number of alkyl halides is 2. The molecule has 0 N–H and O–H groups in total. The third-order valence-corrected chi connectivity index (χ3v) is 3.88. The summed E-state index contributed by atoms with van der Waals surface area (Å²) in [6.45, 7) is 3.95. The van der Waals surface area contributed by atoms with Crippen molar-refractivity contribution in [2.24, 2.45) is 5.92 Å². The van der Waals surface area contributed by atoms with E-state index in [0.717, 1.165) is 11.1 Å². The number of benzene rings is 1. The van der Waals surface area contributed by atoms with Crippen molar-refractivity contribution in [2.75, 3.05) is 0 Å². The number of aryl methyl sites for hydroxylation is 2. The minimum absolute atomic E-state index is 0.0219. The Bertz CT molecular complexity index is 456. The molecule has 1 aromatic rings. The third kappa shape index (κ3) is 2.77. The molecule has 0 aliphatic heterocycles. The fourth-order valence-electron chi connectivity index (χ4n) is 2.43. The van der Waals surface area contributed by atoms with Crippen molar-refractivity contribution in [1.29, 1.82) is 0 Å². The van der Waals surface area contributed by atoms with E-state index in [2.05, 4.69) is 0 Å². The lowest BCUT2D eigenvalue weighted by molar-refractivity contribution is -0.0424. The summed E-state index contributed by atoms with van der Waals surface area (Å²) in [4.78, 5) is 12.2. The number of halogens is 2. The van der Waals surface area contributed by atoms with Crippen LogP contribution in [0, 0.1) is 19.8 Å². The second-order valence-corrected chi connectivity index (χ2v) is 5.29. The second kappa shape index (κ2) is 4.79. The topological polar surface area (TPSA) is 17.1 Å². The zero-order valence-corrected chi connectivity index (χ0v) is 10.8. The van der Waals surface area contributed by atoms with Gasteiger partial charge in [0.05, 0.1) is 0 Å². The molecule has 1 nitrogen and oxygen atoms in total. The Hall–Kier alpha value is -1.25. The van der Waals surface area contributed by atoms with E-state index in [1.807, 2.05) is 26.0 Å². The van der Waals surface area contributed by atoms with Crippen molar-refractivity contribution in [3.05, 3.63) is 34.9 Å². The molecule has 0 saturated heterocycles. The van der Waals surface area contributed by atoms with Gasteiger partial charge < -0.3 is 0 Å². The molecule has 0 aromatic heterocycles. The Morgan fingerprint density at radius 1 is 1.17 bits per heavy atom. The van der Waals surface area contributed by atoms with E-state index in [9.17, 15) is 13.6 Å². The summed E-state index contributed by atoms with van der Waals surface area (Å²) in [6.07, 6.45) is 0.292. The van der Waals surface area contributed by atoms with Crippen molar-refractivity contribution in [2.45, 2.75) is 45.5 Å². The number of carbonyl (C=O) groups is 1. The van der Waals surface area contributed by atoms with Gasteiger partial charge in [0.25, 0.3) is 0 Å². The average molecular weight is 252 g/mol. The predicted octanol–water partition coefficient (Wildman–Crippen LogP) is 4.31. The fraction of sp³-hybridized carbons (Fsp3) is 0.533. The van der Waals surface area contributed by atoms with Gasteiger partial charge in [-0.15, -0.1) is 0 Å². The summed E-state index contributed by atoms with van der Waals surface area (Å²) >= 11 is 0. The van der Waals surface area contributed by atoms with Crippen molar-refractivity contribution in [3.8, 4) is 0 Å². The van der Waals surface area contributed by atoms with Gasteiger partial charge in [-0.2, -0.15) is 0 Å². The summed E-state index contributed by atoms with van der Waals surface area (Å²) in [6, 6.07) is 5.59. The van der Waals surface area contributed by atoms with Crippen molar-refractivity contribution >= 4 is 5.78 Å². The number of hydrogen-bond donors (Lipinski definition) is 0. The minimum Gasteiger partial charge on any atom is -0.294 e. The molecule has 1 aliphatic rings. The first kappa shape index (κ1) is 13.2. The van der Waals surface area contributed by atoms with Crippen LogP contribution in [0.2, 0.25) is 0 Å². The fourth-order valence-corrected chi connectivity index (χ4v) is 2.43. The number of hydrogen-bond acceptors (Lipinski definition) is 1. The van der Waals surface area contributed by atoms with Crippen LogP contribution in [-0.2, 0) is 0 Å². The van der Waals surface area contributed by atoms with Crippen LogP contribution in [-0.4, -0.2) is 11.7 Å². The van der Waals surface area contributed by atoms with E-state index in [1.54, 1.807) is 6.07 Å². The van der Waals surface area contributed by atoms with Gasteiger partial charge in [0, 0.05) is 24.3 Å². The standard InChI is InChI=1S/C15H18F2O/c1-10-3-4-13(9-11(10)2)14(18)12-5-7-15(16,17)8-6-12/h3-4,9,12H,5-8H2,1-2H3. The van der Waals surface area contributed by atoms with Crippen LogP contribution in [0.5, 0.6) is 0 Å². The van der Waals surface area contributed by atoms with Gasteiger partial charge in [0.15, 0.2) is 5.78 Å². The molecule has 1 saturated carbocycles. The van der Waals surface area contributed by atoms with Gasteiger partial charge in [-0.25, -0.2) is 8.78 Å². The zero-order chi connectivity index (χ0) is 13.3. The highest BCUT2D eigenvalue weighted by molar-refractivity contribution is 5.98. The van der Waals surface area contributed by atoms with Crippen LogP contribution < -0.4 is 0 Å². The predicted molar refractivity (Wildman–Crippen MR) is 67.2 cm³/mol. The number of ketones is 1. The van der Waals surface area contributed by atoms with Gasteiger partial charge in [-0.3, -0.25) is 4.79 Å². The minimum atomic E-state index is -2.57. The SMILES string of the molecule is Cc1ccc(C(=O)C2CCC(F)(F)CC2)cc1C. The summed E-state index contributed by atoms with van der Waals surface area (Å²) in [5, 5.41) is 0. The van der Waals surface area contributed by atoms with E-state index in [1.165, 1.54) is 0 Å². The van der Waals surface area contributed by atoms with Crippen LogP contribution in [0.15, 0.2) is 18.2 Å². The van der Waals surface area contributed by atoms with Crippen molar-refractivity contribution in [1.82, 2.24) is 0 Å². The molecule has 0 bridgehead atoms. The Labute approximate surface area is 106 Å². The summed E-state index contributed by atoms with van der Waals surface area (Å²) in [5.41, 5.74) is 2.87. The van der Waals surface area contributed by atoms with E-state index < -0.39 is 5.92 Å². The molecule has 0 atom stereocenters. The number of rotatable bonds is 2. The Kier molecular flexibility index (Phi) is 3.51. The molecular formula is C15H18F2O. The monoisotopic (exact) mass is 252 g/mol. The van der Waals surface area contributed by atoms with Crippen LogP contribution in [0.1, 0.15) is 47.2 Å². The van der Waals surface area contributed by atoms with Gasteiger partial charge in [-0.05, 0) is 43.9 Å². The largest absolute Gasteiger partial charge is 0.294 e. The number of Topliss-reactive ketones (excluding diaryl/α,β-unsaturated/α-hetero) is 1. The molecule has 0 spiro atoms. The number of carbonyl (C=O) groups excluding carboxylic acids is 1. The maximum atomic E-state index is 13.0. The molecule has 18 heavy (non-hydrogen) atoms. The lowest BCUT2D eigenvalue weighted by Crippen LogP contribution is -2.28. The van der Waals surface area contributed by atoms with Crippen LogP contribution >= 0.6 is 0 Å². The summed E-state index contributed by atoms with van der Waals surface area (Å²) < 4.78 is 26.1. The highest BCUT2D eigenvalue weighted by atomic mass is 19.3. The molecule has 1 aliphatic carbocycles. The first-order valence-corrected chi connectivity index (χ1v) is 6.38. The summed E-state index contributed by atoms with van der Waals surface area (Å²) in [7, 11) is 0. The van der Waals surface area contributed by atoms with Crippen LogP contribution in [0.4, 0.5) is 8.78 Å². The van der Waals surface area contributed by atoms with Crippen molar-refractivity contribution in [3.63, 3.8) is 0 Å². The van der Waals surface area contributed by atoms with Crippen LogP contribution in [0.3, 0.4) is 0 Å². The normalized spacial score (nSPS) is 19.8. The lowest BCUT2D eigenvalue weighted by Gasteiger charge is -2.27. The quantitative estimate of drug-likeness (QED) is 0.717. The maximum Gasteiger partial charge on any atom is 0.248 e. The highest BCUT2D eigenvalue weighted by Gasteiger charge is 2.37. The van der Waals surface area contributed by atoms with E-state index in [0.29, 0.717) is 18.4 Å². The first-order valence-electron chi connectivity index (χ1n) is 6.38. The smallest absolute Gasteiger partial charge is 0.248 e. The molecule has 0 unspecified atom stereocenters. The lowest BCUT2D eigenvalue weighted by atomic mass is 9.82. The summed E-state index contributed by atoms with van der Waals surface area (Å²) in [5.74, 6) is -2.78. The van der Waals surface area contributed by atoms with Crippen LogP contribution in [0.25, 0.3) is 0 Å². The molecular weight excluding hydrogens is 234 g/mol. The molecule has 1 aromatic carbocycles. The van der Waals surface area contributed by atoms with E-state index >= 15 is 0 Å². The first-order chi connectivity index (χ1) is 8.39. The molecule has 0 amide bonds. The molecule has 98 valence electrons. The third-order valence-electron chi connectivity index (χ3n) is 3.88. The Morgan fingerprint density at radius 2 is 1.78 bits per heavy atom. The second-order valence-electron chi connectivity index (χ2n) is 5.29. The van der Waals surface area contributed by atoms with E-state index in [-0.39, 0.29) is 24.5 Å².